The zero-order chi connectivity index (χ0) is 15.2. The molecule has 3 nitrogen and oxygen atoms in total. The molecule has 1 atom stereocenters. The molecule has 0 saturated carbocycles. The van der Waals surface area contributed by atoms with Crippen LogP contribution in [0.4, 0.5) is 0 Å². The smallest absolute Gasteiger partial charge is 0.245 e. The number of thiophene rings is 1. The second kappa shape index (κ2) is 7.38. The number of rotatable bonds is 6. The zero-order valence-electron chi connectivity index (χ0n) is 12.6. The van der Waals surface area contributed by atoms with Gasteiger partial charge in [0.25, 0.3) is 0 Å². The van der Waals surface area contributed by atoms with Gasteiger partial charge >= 0.3 is 0 Å². The molecule has 112 valence electrons. The van der Waals surface area contributed by atoms with Crippen molar-refractivity contribution in [3.8, 4) is 0 Å². The highest BCUT2D eigenvalue weighted by Crippen LogP contribution is 2.20. The van der Waals surface area contributed by atoms with Crippen LogP contribution in [0.5, 0.6) is 0 Å². The van der Waals surface area contributed by atoms with Crippen molar-refractivity contribution in [1.82, 2.24) is 4.90 Å². The second-order valence-corrected chi connectivity index (χ2v) is 6.22. The van der Waals surface area contributed by atoms with E-state index in [1.807, 2.05) is 22.4 Å². The van der Waals surface area contributed by atoms with Gasteiger partial charge in [-0.2, -0.15) is 0 Å². The van der Waals surface area contributed by atoms with Crippen molar-refractivity contribution < 1.29 is 4.79 Å². The molecule has 0 spiro atoms. The van der Waals surface area contributed by atoms with Crippen molar-refractivity contribution in [2.45, 2.75) is 32.9 Å². The topological polar surface area (TPSA) is 46.3 Å². The number of carbonyl (C=O) groups is 1. The molecule has 0 radical (unpaired) electrons. The Morgan fingerprint density at radius 2 is 2.00 bits per heavy atom. The SMILES string of the molecule is CCCN(Cc1ccc(C)cc1)C(=O)C(N)c1cccs1. The number of hydrogen-bond donors (Lipinski definition) is 1. The van der Waals surface area contributed by atoms with Gasteiger partial charge in [-0.3, -0.25) is 4.79 Å². The summed E-state index contributed by atoms with van der Waals surface area (Å²) >= 11 is 1.53. The summed E-state index contributed by atoms with van der Waals surface area (Å²) in [5.74, 6) is -0.000116. The Labute approximate surface area is 130 Å². The van der Waals surface area contributed by atoms with Gasteiger partial charge < -0.3 is 10.6 Å². The van der Waals surface area contributed by atoms with Gasteiger partial charge in [0.2, 0.25) is 5.91 Å². The van der Waals surface area contributed by atoms with Crippen LogP contribution in [0.3, 0.4) is 0 Å². The minimum absolute atomic E-state index is 0.000116. The number of amides is 1. The monoisotopic (exact) mass is 302 g/mol. The van der Waals surface area contributed by atoms with Gasteiger partial charge in [-0.15, -0.1) is 11.3 Å². The maximum atomic E-state index is 12.6. The third kappa shape index (κ3) is 4.16. The van der Waals surface area contributed by atoms with Crippen molar-refractivity contribution in [3.05, 3.63) is 57.8 Å². The summed E-state index contributed by atoms with van der Waals surface area (Å²) in [5, 5.41) is 1.95. The Kier molecular flexibility index (Phi) is 5.53. The molecule has 0 aliphatic heterocycles. The molecule has 0 aliphatic rings. The van der Waals surface area contributed by atoms with Crippen molar-refractivity contribution in [2.24, 2.45) is 5.73 Å². The van der Waals surface area contributed by atoms with Gasteiger partial charge in [-0.25, -0.2) is 0 Å². The number of benzene rings is 1. The molecular formula is C17H22N2OS. The largest absolute Gasteiger partial charge is 0.337 e. The highest BCUT2D eigenvalue weighted by atomic mass is 32.1. The summed E-state index contributed by atoms with van der Waals surface area (Å²) in [6.45, 7) is 5.48. The standard InChI is InChI=1S/C17H22N2OS/c1-3-10-19(12-14-8-6-13(2)7-9-14)17(20)16(18)15-5-4-11-21-15/h4-9,11,16H,3,10,12,18H2,1-2H3. The third-order valence-electron chi connectivity index (χ3n) is 3.41. The normalized spacial score (nSPS) is 12.1. The number of nitrogens with two attached hydrogens (primary N) is 1. The van der Waals surface area contributed by atoms with Crippen LogP contribution < -0.4 is 5.73 Å². The third-order valence-corrected chi connectivity index (χ3v) is 4.37. The highest BCUT2D eigenvalue weighted by molar-refractivity contribution is 7.10. The molecule has 1 amide bonds. The molecule has 0 bridgehead atoms. The van der Waals surface area contributed by atoms with Gasteiger partial charge in [0, 0.05) is 18.0 Å². The van der Waals surface area contributed by atoms with Gasteiger partial charge in [0.05, 0.1) is 0 Å². The molecular weight excluding hydrogens is 280 g/mol. The van der Waals surface area contributed by atoms with E-state index in [0.29, 0.717) is 6.54 Å². The number of aryl methyl sites for hydroxylation is 1. The fraction of sp³-hybridized carbons (Fsp3) is 0.353. The summed E-state index contributed by atoms with van der Waals surface area (Å²) in [6.07, 6.45) is 0.925. The summed E-state index contributed by atoms with van der Waals surface area (Å²) < 4.78 is 0. The van der Waals surface area contributed by atoms with Gasteiger partial charge in [-0.1, -0.05) is 42.8 Å². The first-order valence-corrected chi connectivity index (χ1v) is 8.13. The number of hydrogen-bond acceptors (Lipinski definition) is 3. The van der Waals surface area contributed by atoms with E-state index in [0.717, 1.165) is 23.4 Å². The van der Waals surface area contributed by atoms with Crippen molar-refractivity contribution in [3.63, 3.8) is 0 Å². The van der Waals surface area contributed by atoms with Crippen molar-refractivity contribution in [2.75, 3.05) is 6.54 Å². The molecule has 2 rings (SSSR count). The average molecular weight is 302 g/mol. The van der Waals surface area contributed by atoms with Crippen LogP contribution in [0, 0.1) is 6.92 Å². The summed E-state index contributed by atoms with van der Waals surface area (Å²) in [7, 11) is 0. The molecule has 1 aromatic carbocycles. The molecule has 4 heteroatoms. The van der Waals surface area contributed by atoms with E-state index in [9.17, 15) is 4.79 Å². The van der Waals surface area contributed by atoms with E-state index < -0.39 is 6.04 Å². The van der Waals surface area contributed by atoms with Gasteiger partial charge in [-0.05, 0) is 30.4 Å². The van der Waals surface area contributed by atoms with Crippen LogP contribution in [0.15, 0.2) is 41.8 Å². The lowest BCUT2D eigenvalue weighted by molar-refractivity contribution is -0.133. The number of carbonyl (C=O) groups excluding carboxylic acids is 1. The Morgan fingerprint density at radius 1 is 1.29 bits per heavy atom. The molecule has 21 heavy (non-hydrogen) atoms. The van der Waals surface area contributed by atoms with Crippen LogP contribution in [-0.2, 0) is 11.3 Å². The van der Waals surface area contributed by atoms with Crippen molar-refractivity contribution >= 4 is 17.2 Å². The molecule has 1 aromatic heterocycles. The lowest BCUT2D eigenvalue weighted by Gasteiger charge is -2.25. The minimum Gasteiger partial charge on any atom is -0.337 e. The van der Waals surface area contributed by atoms with Crippen LogP contribution in [0.2, 0.25) is 0 Å². The maximum absolute atomic E-state index is 12.6. The second-order valence-electron chi connectivity index (χ2n) is 5.24. The first kappa shape index (κ1) is 15.7. The van der Waals surface area contributed by atoms with Crippen LogP contribution >= 0.6 is 11.3 Å². The average Bonchev–Trinajstić information content (AvgIpc) is 3.02. The van der Waals surface area contributed by atoms with E-state index >= 15 is 0 Å². The summed E-state index contributed by atoms with van der Waals surface area (Å²) in [6, 6.07) is 11.6. The maximum Gasteiger partial charge on any atom is 0.245 e. The molecule has 1 unspecified atom stereocenters. The summed E-state index contributed by atoms with van der Waals surface area (Å²) in [5.41, 5.74) is 8.48. The predicted octanol–water partition coefficient (Wildman–Crippen LogP) is 3.50. The van der Waals surface area contributed by atoms with Gasteiger partial charge in [0.1, 0.15) is 6.04 Å². The van der Waals surface area contributed by atoms with Gasteiger partial charge in [0.15, 0.2) is 0 Å². The van der Waals surface area contributed by atoms with Crippen LogP contribution in [0.1, 0.15) is 35.4 Å². The minimum atomic E-state index is -0.554. The molecule has 1 heterocycles. The molecule has 0 aliphatic carbocycles. The first-order valence-electron chi connectivity index (χ1n) is 7.25. The highest BCUT2D eigenvalue weighted by Gasteiger charge is 2.22. The van der Waals surface area contributed by atoms with Crippen molar-refractivity contribution in [1.29, 1.82) is 0 Å². The zero-order valence-corrected chi connectivity index (χ0v) is 13.4. The molecule has 0 fully saturated rings. The fourth-order valence-corrected chi connectivity index (χ4v) is 2.96. The predicted molar refractivity (Wildman–Crippen MR) is 88.1 cm³/mol. The summed E-state index contributed by atoms with van der Waals surface area (Å²) in [4.78, 5) is 15.4. The number of nitrogens with zero attached hydrogens (tertiary/aromatic N) is 1. The quantitative estimate of drug-likeness (QED) is 0.888. The first-order chi connectivity index (χ1) is 10.1. The Morgan fingerprint density at radius 3 is 2.57 bits per heavy atom. The van der Waals surface area contributed by atoms with E-state index in [4.69, 9.17) is 5.73 Å². The lowest BCUT2D eigenvalue weighted by Crippen LogP contribution is -2.38. The Hall–Kier alpha value is -1.65. The molecule has 2 aromatic rings. The molecule has 0 saturated heterocycles. The molecule has 2 N–H and O–H groups in total. The lowest BCUT2D eigenvalue weighted by atomic mass is 10.1. The Bertz CT molecular complexity index is 563. The van der Waals surface area contributed by atoms with E-state index in [1.54, 1.807) is 0 Å². The fourth-order valence-electron chi connectivity index (χ4n) is 2.24. The van der Waals surface area contributed by atoms with Crippen LogP contribution in [-0.4, -0.2) is 17.4 Å². The van der Waals surface area contributed by atoms with Crippen LogP contribution in [0.25, 0.3) is 0 Å². The Balaban J connectivity index is 2.10. The van der Waals surface area contributed by atoms with E-state index in [1.165, 1.54) is 16.9 Å². The van der Waals surface area contributed by atoms with E-state index in [2.05, 4.69) is 38.1 Å². The van der Waals surface area contributed by atoms with E-state index in [-0.39, 0.29) is 5.91 Å².